The average molecular weight is 461 g/mol. The third-order valence-corrected chi connectivity index (χ3v) is 6.19. The van der Waals surface area contributed by atoms with Crippen molar-refractivity contribution in [2.24, 2.45) is 22.9 Å². The van der Waals surface area contributed by atoms with E-state index in [-0.39, 0.29) is 24.2 Å². The lowest BCUT2D eigenvalue weighted by Crippen LogP contribution is -2.54. The van der Waals surface area contributed by atoms with Gasteiger partial charge in [0, 0.05) is 61.9 Å². The van der Waals surface area contributed by atoms with Gasteiger partial charge in [-0.2, -0.15) is 15.0 Å². The molecule has 0 saturated carbocycles. The van der Waals surface area contributed by atoms with E-state index in [1.807, 2.05) is 34.9 Å². The summed E-state index contributed by atoms with van der Waals surface area (Å²) in [7, 11) is 0. The van der Waals surface area contributed by atoms with Crippen molar-refractivity contribution in [1.29, 1.82) is 0 Å². The predicted molar refractivity (Wildman–Crippen MR) is 129 cm³/mol. The van der Waals surface area contributed by atoms with Crippen LogP contribution in [0, 0.1) is 6.92 Å². The second-order valence-corrected chi connectivity index (χ2v) is 9.44. The number of anilines is 3. The van der Waals surface area contributed by atoms with Crippen LogP contribution in [0.2, 0.25) is 5.02 Å². The molecule has 1 aromatic heterocycles. The summed E-state index contributed by atoms with van der Waals surface area (Å²) < 4.78 is 0. The molecule has 0 spiro atoms. The van der Waals surface area contributed by atoms with Crippen molar-refractivity contribution in [3.8, 4) is 0 Å². The van der Waals surface area contributed by atoms with Crippen LogP contribution >= 0.6 is 11.6 Å². The zero-order valence-corrected chi connectivity index (χ0v) is 19.2. The van der Waals surface area contributed by atoms with Crippen LogP contribution in [0.1, 0.15) is 24.0 Å². The fourth-order valence-electron chi connectivity index (χ4n) is 4.40. The molecule has 11 heteroatoms. The molecule has 0 amide bonds. The second kappa shape index (κ2) is 9.72. The Bertz CT molecular complexity index is 877. The molecule has 10 nitrogen and oxygen atoms in total. The Morgan fingerprint density at radius 2 is 1.38 bits per heavy atom. The fourth-order valence-corrected chi connectivity index (χ4v) is 4.60. The van der Waals surface area contributed by atoms with E-state index >= 15 is 0 Å². The molecule has 2 aliphatic rings. The van der Waals surface area contributed by atoms with Gasteiger partial charge in [0.25, 0.3) is 0 Å². The van der Waals surface area contributed by atoms with Gasteiger partial charge in [0.15, 0.2) is 0 Å². The van der Waals surface area contributed by atoms with Crippen molar-refractivity contribution in [2.75, 3.05) is 41.3 Å². The van der Waals surface area contributed by atoms with Crippen molar-refractivity contribution in [3.05, 3.63) is 34.3 Å². The van der Waals surface area contributed by atoms with Crippen molar-refractivity contribution in [1.82, 2.24) is 15.0 Å². The third-order valence-electron chi connectivity index (χ3n) is 5.96. The van der Waals surface area contributed by atoms with Crippen LogP contribution in [0.25, 0.3) is 0 Å². The van der Waals surface area contributed by atoms with Crippen LogP contribution in [-0.2, 0) is 6.54 Å². The first-order valence-corrected chi connectivity index (χ1v) is 11.4. The molecule has 4 unspecified atom stereocenters. The van der Waals surface area contributed by atoms with Crippen LogP contribution in [0.3, 0.4) is 0 Å². The minimum atomic E-state index is -0.0266. The van der Waals surface area contributed by atoms with Gasteiger partial charge in [-0.1, -0.05) is 17.7 Å². The molecule has 0 bridgehead atoms. The largest absolute Gasteiger partial charge is 0.350 e. The molecular weight excluding hydrogens is 428 g/mol. The van der Waals surface area contributed by atoms with E-state index in [1.165, 1.54) is 0 Å². The molecule has 2 aliphatic heterocycles. The first kappa shape index (κ1) is 22.9. The summed E-state index contributed by atoms with van der Waals surface area (Å²) in [5.41, 5.74) is 27.0. The molecule has 174 valence electrons. The van der Waals surface area contributed by atoms with E-state index < -0.39 is 0 Å². The molecule has 4 atom stereocenters. The fraction of sp³-hybridized carbons (Fsp3) is 0.571. The van der Waals surface area contributed by atoms with Crippen LogP contribution in [0.15, 0.2) is 18.2 Å². The van der Waals surface area contributed by atoms with Gasteiger partial charge < -0.3 is 38.1 Å². The highest BCUT2D eigenvalue weighted by atomic mass is 35.5. The molecule has 3 heterocycles. The summed E-state index contributed by atoms with van der Waals surface area (Å²) >= 11 is 6.18. The number of nitrogens with one attached hydrogen (secondary N) is 1. The number of rotatable bonds is 5. The second-order valence-electron chi connectivity index (χ2n) is 9.01. The Morgan fingerprint density at radius 3 is 1.88 bits per heavy atom. The Balaban J connectivity index is 1.63. The number of hydrogen-bond donors (Lipinski definition) is 5. The van der Waals surface area contributed by atoms with Gasteiger partial charge in [-0.05, 0) is 43.0 Å². The van der Waals surface area contributed by atoms with Gasteiger partial charge in [-0.3, -0.25) is 0 Å². The number of benzene rings is 1. The Kier molecular flexibility index (Phi) is 6.96. The SMILES string of the molecule is Cc1ccc(Cl)cc1CNc1nc(N2CC(N)CC(N)C2)nc(N2CC(N)CC(N)C2)n1. The molecule has 9 N–H and O–H groups in total. The molecule has 4 rings (SSSR count). The molecule has 2 saturated heterocycles. The van der Waals surface area contributed by atoms with Gasteiger partial charge in [0.2, 0.25) is 17.8 Å². The van der Waals surface area contributed by atoms with Gasteiger partial charge in [0.1, 0.15) is 0 Å². The number of nitrogens with two attached hydrogens (primary N) is 4. The first-order valence-electron chi connectivity index (χ1n) is 11.0. The molecule has 0 aliphatic carbocycles. The normalized spacial score (nSPS) is 26.3. The summed E-state index contributed by atoms with van der Waals surface area (Å²) in [5.74, 6) is 1.59. The summed E-state index contributed by atoms with van der Waals surface area (Å²) in [4.78, 5) is 18.2. The van der Waals surface area contributed by atoms with E-state index in [4.69, 9.17) is 39.5 Å². The van der Waals surface area contributed by atoms with Crippen LogP contribution in [0.4, 0.5) is 17.8 Å². The van der Waals surface area contributed by atoms with Crippen LogP contribution in [0.5, 0.6) is 0 Å². The highest BCUT2D eigenvalue weighted by molar-refractivity contribution is 6.30. The molecular formula is C21H33ClN10. The minimum absolute atomic E-state index is 0.0266. The average Bonchev–Trinajstić information content (AvgIpc) is 2.73. The van der Waals surface area contributed by atoms with Gasteiger partial charge >= 0.3 is 0 Å². The molecule has 0 radical (unpaired) electrons. The first-order chi connectivity index (χ1) is 15.3. The minimum Gasteiger partial charge on any atom is -0.350 e. The lowest BCUT2D eigenvalue weighted by molar-refractivity contribution is 0.441. The molecule has 2 aromatic rings. The van der Waals surface area contributed by atoms with E-state index in [9.17, 15) is 0 Å². The van der Waals surface area contributed by atoms with E-state index in [1.54, 1.807) is 0 Å². The highest BCUT2D eigenvalue weighted by Gasteiger charge is 2.28. The van der Waals surface area contributed by atoms with Gasteiger partial charge in [0.05, 0.1) is 0 Å². The predicted octanol–water partition coefficient (Wildman–Crippen LogP) is 0.175. The standard InChI is InChI=1S/C21H33ClN10/c1-12-2-3-14(22)4-13(12)7-27-19-28-20(31-8-15(23)5-16(24)9-31)30-21(29-19)32-10-17(25)6-18(26)11-32/h2-4,15-18H,5-11,23-26H2,1H3,(H,27,28,29,30). The summed E-state index contributed by atoms with van der Waals surface area (Å²) in [6.45, 7) is 5.15. The third kappa shape index (κ3) is 5.57. The number of aryl methyl sites for hydroxylation is 1. The topological polar surface area (TPSA) is 161 Å². The van der Waals surface area contributed by atoms with Crippen LogP contribution < -0.4 is 38.1 Å². The van der Waals surface area contributed by atoms with Crippen molar-refractivity contribution in [3.63, 3.8) is 0 Å². The summed E-state index contributed by atoms with van der Waals surface area (Å²) in [6, 6.07) is 5.71. The molecule has 32 heavy (non-hydrogen) atoms. The quantitative estimate of drug-likeness (QED) is 0.416. The van der Waals surface area contributed by atoms with E-state index in [0.717, 1.165) is 24.0 Å². The van der Waals surface area contributed by atoms with E-state index in [0.29, 0.717) is 55.6 Å². The monoisotopic (exact) mass is 460 g/mol. The maximum atomic E-state index is 6.21. The van der Waals surface area contributed by atoms with E-state index in [2.05, 4.69) is 15.3 Å². The lowest BCUT2D eigenvalue weighted by atomic mass is 10.0. The van der Waals surface area contributed by atoms with Crippen molar-refractivity contribution in [2.45, 2.75) is 50.5 Å². The Morgan fingerprint density at radius 1 is 0.875 bits per heavy atom. The Hall–Kier alpha value is -2.24. The van der Waals surface area contributed by atoms with Crippen molar-refractivity contribution < 1.29 is 0 Å². The zero-order chi connectivity index (χ0) is 22.8. The lowest BCUT2D eigenvalue weighted by Gasteiger charge is -2.37. The zero-order valence-electron chi connectivity index (χ0n) is 18.4. The summed E-state index contributed by atoms with van der Waals surface area (Å²) in [5, 5.41) is 4.03. The van der Waals surface area contributed by atoms with Gasteiger partial charge in [-0.15, -0.1) is 0 Å². The number of aromatic nitrogens is 3. The number of hydrogen-bond acceptors (Lipinski definition) is 10. The number of nitrogens with zero attached hydrogens (tertiary/aromatic N) is 5. The number of piperidine rings is 2. The van der Waals surface area contributed by atoms with Crippen molar-refractivity contribution >= 4 is 29.4 Å². The maximum Gasteiger partial charge on any atom is 0.232 e. The molecule has 1 aromatic carbocycles. The number of halogens is 1. The molecule has 2 fully saturated rings. The smallest absolute Gasteiger partial charge is 0.232 e. The van der Waals surface area contributed by atoms with Gasteiger partial charge in [-0.25, -0.2) is 0 Å². The van der Waals surface area contributed by atoms with Crippen LogP contribution in [-0.4, -0.2) is 65.3 Å². The summed E-state index contributed by atoms with van der Waals surface area (Å²) in [6.07, 6.45) is 1.56. The Labute approximate surface area is 193 Å². The maximum absolute atomic E-state index is 6.21. The highest BCUT2D eigenvalue weighted by Crippen LogP contribution is 2.23.